The minimum Gasteiger partial charge on any atom is -0.399 e. The van der Waals surface area contributed by atoms with Gasteiger partial charge in [0.2, 0.25) is 11.9 Å². The second-order valence-corrected chi connectivity index (χ2v) is 24.7. The summed E-state index contributed by atoms with van der Waals surface area (Å²) in [5.74, 6) is -1.89. The Balaban J connectivity index is 0.000000179. The molecule has 0 bridgehead atoms. The summed E-state index contributed by atoms with van der Waals surface area (Å²) in [7, 11) is -7.79. The fourth-order valence-electron chi connectivity index (χ4n) is 10.4. The number of hydrogen-bond acceptors (Lipinski definition) is 15. The topological polar surface area (TPSA) is 264 Å². The molecule has 20 nitrogen and oxygen atoms in total. The number of nitro groups is 1. The maximum absolute atomic E-state index is 14.4. The fourth-order valence-corrected chi connectivity index (χ4v) is 13.6. The highest BCUT2D eigenvalue weighted by Gasteiger charge is 2.30. The maximum Gasteiger partial charge on any atom is 0.272 e. The molecule has 10 aromatic rings. The number of rotatable bonds is 13. The first kappa shape index (κ1) is 58.4. The smallest absolute Gasteiger partial charge is 0.272 e. The van der Waals surface area contributed by atoms with Crippen LogP contribution in [0.5, 0.6) is 0 Å². The van der Waals surface area contributed by atoms with Gasteiger partial charge in [-0.1, -0.05) is 96.0 Å². The number of non-ortho nitro benzene ring substituents is 1. The third-order valence-corrected chi connectivity index (χ3v) is 18.7. The van der Waals surface area contributed by atoms with E-state index >= 15 is 0 Å². The summed E-state index contributed by atoms with van der Waals surface area (Å²) in [5, 5.41) is 19.3. The molecule has 86 heavy (non-hydrogen) atoms. The summed E-state index contributed by atoms with van der Waals surface area (Å²) < 4.78 is 85.3. The number of nitrogens with zero attached hydrogens (tertiary/aromatic N) is 9. The van der Waals surface area contributed by atoms with Gasteiger partial charge in [-0.2, -0.15) is 0 Å². The van der Waals surface area contributed by atoms with Crippen molar-refractivity contribution in [2.24, 2.45) is 0 Å². The van der Waals surface area contributed by atoms with E-state index in [1.54, 1.807) is 89.8 Å². The molecule has 0 spiro atoms. The van der Waals surface area contributed by atoms with E-state index in [-0.39, 0.29) is 60.6 Å². The van der Waals surface area contributed by atoms with E-state index in [1.165, 1.54) is 61.9 Å². The van der Waals surface area contributed by atoms with Gasteiger partial charge in [0.1, 0.15) is 11.6 Å². The lowest BCUT2D eigenvalue weighted by Crippen LogP contribution is -2.42. The lowest BCUT2D eigenvalue weighted by atomic mass is 10.0. The molecule has 12 rings (SSSR count). The van der Waals surface area contributed by atoms with Crippen LogP contribution in [-0.4, -0.2) is 110 Å². The molecule has 0 radical (unpaired) electrons. The molecule has 0 atom stereocenters. The van der Waals surface area contributed by atoms with Gasteiger partial charge in [-0.3, -0.25) is 19.7 Å². The molecular formula is C60H50Cl2F2N12O8S2. The Hall–Kier alpha value is -9.36. The minimum absolute atomic E-state index is 0.00488. The molecular weight excluding hydrogens is 1190 g/mol. The summed E-state index contributed by atoms with van der Waals surface area (Å²) >= 11 is 13.1. The molecule has 4 N–H and O–H groups in total. The average Bonchev–Trinajstić information content (AvgIpc) is 1.99. The fraction of sp³-hybridized carbons (Fsp3) is 0.167. The van der Waals surface area contributed by atoms with Gasteiger partial charge in [-0.25, -0.2) is 53.5 Å². The maximum atomic E-state index is 14.4. The van der Waals surface area contributed by atoms with Crippen molar-refractivity contribution < 1.29 is 40.1 Å². The van der Waals surface area contributed by atoms with Crippen molar-refractivity contribution in [1.29, 1.82) is 0 Å². The Bertz CT molecular complexity index is 4490. The number of fused-ring (bicyclic) bond motifs is 2. The predicted octanol–water partition coefficient (Wildman–Crippen LogP) is 11.2. The summed E-state index contributed by atoms with van der Waals surface area (Å²) in [6.45, 7) is 1.48. The third-order valence-electron chi connectivity index (χ3n) is 14.8. The molecule has 4 aromatic heterocycles. The van der Waals surface area contributed by atoms with E-state index in [2.05, 4.69) is 30.6 Å². The largest absolute Gasteiger partial charge is 0.399 e. The normalized spacial score (nSPS) is 14.2. The van der Waals surface area contributed by atoms with Gasteiger partial charge in [0, 0.05) is 84.3 Å². The predicted molar refractivity (Wildman–Crippen MR) is 323 cm³/mol. The number of nitrogen functional groups attached to an aromatic ring is 1. The van der Waals surface area contributed by atoms with Crippen LogP contribution in [-0.2, 0) is 20.0 Å². The summed E-state index contributed by atoms with van der Waals surface area (Å²) in [6.07, 6.45) is 8.17. The van der Waals surface area contributed by atoms with Gasteiger partial charge in [0.05, 0.1) is 76.8 Å². The Labute approximate surface area is 501 Å². The van der Waals surface area contributed by atoms with Crippen LogP contribution < -0.4 is 16.4 Å². The zero-order chi connectivity index (χ0) is 60.4. The second kappa shape index (κ2) is 24.3. The zero-order valence-electron chi connectivity index (χ0n) is 45.2. The minimum atomic E-state index is -3.91. The highest BCUT2D eigenvalue weighted by Crippen LogP contribution is 2.38. The Morgan fingerprint density at radius 1 is 0.570 bits per heavy atom. The zero-order valence-corrected chi connectivity index (χ0v) is 48.3. The van der Waals surface area contributed by atoms with Gasteiger partial charge in [-0.15, -0.1) is 0 Å². The first-order valence-corrected chi connectivity index (χ1v) is 30.5. The molecule has 26 heteroatoms. The number of nitrogens with two attached hydrogens (primary N) is 1. The quantitative estimate of drug-likeness (QED) is 0.0550. The molecule has 2 fully saturated rings. The van der Waals surface area contributed by atoms with Crippen molar-refractivity contribution in [2.45, 2.75) is 47.6 Å². The number of hydrogen-bond donors (Lipinski definition) is 3. The van der Waals surface area contributed by atoms with Crippen molar-refractivity contribution in [3.05, 3.63) is 213 Å². The van der Waals surface area contributed by atoms with Crippen molar-refractivity contribution >= 4 is 100 Å². The number of carbonyl (C=O) groups is 2. The van der Waals surface area contributed by atoms with Gasteiger partial charge in [0.15, 0.2) is 0 Å². The molecule has 0 unspecified atom stereocenters. The number of nitrogens with one attached hydrogen (secondary N) is 2. The van der Waals surface area contributed by atoms with Crippen LogP contribution in [0.3, 0.4) is 0 Å². The van der Waals surface area contributed by atoms with Crippen LogP contribution >= 0.6 is 23.2 Å². The van der Waals surface area contributed by atoms with Crippen molar-refractivity contribution in [1.82, 2.24) is 37.7 Å². The molecule has 2 saturated heterocycles. The van der Waals surface area contributed by atoms with Crippen LogP contribution in [0.15, 0.2) is 180 Å². The van der Waals surface area contributed by atoms with Crippen LogP contribution in [0.1, 0.15) is 46.4 Å². The molecule has 2 amide bonds. The number of likely N-dealkylation sites (tertiary alicyclic amines) is 2. The Morgan fingerprint density at radius 2 is 0.965 bits per heavy atom. The molecule has 6 aromatic carbocycles. The third kappa shape index (κ3) is 11.9. The number of benzene rings is 6. The number of aromatic nitrogens is 6. The lowest BCUT2D eigenvalue weighted by Gasteiger charge is -2.32. The van der Waals surface area contributed by atoms with Crippen LogP contribution in [0.25, 0.3) is 44.3 Å². The van der Waals surface area contributed by atoms with E-state index in [0.29, 0.717) is 102 Å². The van der Waals surface area contributed by atoms with E-state index in [4.69, 9.17) is 28.9 Å². The first-order valence-electron chi connectivity index (χ1n) is 26.8. The number of piperidine rings is 2. The van der Waals surface area contributed by atoms with Gasteiger partial charge in [0.25, 0.3) is 37.5 Å². The summed E-state index contributed by atoms with van der Waals surface area (Å²) in [5.41, 5.74) is 7.98. The van der Waals surface area contributed by atoms with E-state index in [0.717, 1.165) is 24.3 Å². The number of halogens is 4. The highest BCUT2D eigenvalue weighted by atomic mass is 35.5. The lowest BCUT2D eigenvalue weighted by molar-refractivity contribution is -0.385. The monoisotopic (exact) mass is 1240 g/mol. The number of nitro benzene ring substituents is 1. The number of anilines is 3. The van der Waals surface area contributed by atoms with Crippen molar-refractivity contribution in [3.8, 4) is 22.5 Å². The van der Waals surface area contributed by atoms with E-state index in [1.807, 2.05) is 12.1 Å². The molecule has 438 valence electrons. The van der Waals surface area contributed by atoms with E-state index in [9.17, 15) is 45.3 Å². The van der Waals surface area contributed by atoms with Gasteiger partial charge < -0.3 is 26.2 Å². The number of amides is 2. The van der Waals surface area contributed by atoms with Crippen LogP contribution in [0.2, 0.25) is 10.0 Å². The Kier molecular flexibility index (Phi) is 16.5. The van der Waals surface area contributed by atoms with Crippen molar-refractivity contribution in [2.75, 3.05) is 42.5 Å². The summed E-state index contributed by atoms with van der Waals surface area (Å²) in [6, 6.07) is 37.4. The number of carbonyl (C=O) groups excluding carboxylic acids is 2. The van der Waals surface area contributed by atoms with Crippen molar-refractivity contribution in [3.63, 3.8) is 0 Å². The molecule has 2 aliphatic heterocycles. The molecule has 0 saturated carbocycles. The standard InChI is InChI=1S/C30H24ClFN6O5S.C30H26ClFN6O3S/c31-25-17-33-30(34-19-12-14-36(15-13-19)29(39)23-11-10-20(38(40)41)16-26(23)32)35-28(25)24-18-37(27-9-5-4-8-22(24)27)44(42,43)21-6-2-1-3-7-21;31-25-17-34-30(35-20-12-14-37(15-13-20)29(39)23-11-10-19(33)16-26(23)32)36-28(25)24-18-38(27-9-5-4-8-22(24)27)42(40,41)21-6-2-1-3-7-21/h1-11,16-19H,12-15H2,(H,33,34,35);1-11,16-18,20H,12-15,33H2,(H,34,35,36). The summed E-state index contributed by atoms with van der Waals surface area (Å²) in [4.78, 5) is 57.3. The number of para-hydroxylation sites is 2. The van der Waals surface area contributed by atoms with Gasteiger partial charge >= 0.3 is 0 Å². The van der Waals surface area contributed by atoms with Crippen LogP contribution in [0.4, 0.5) is 32.1 Å². The Morgan fingerprint density at radius 3 is 1.37 bits per heavy atom. The highest BCUT2D eigenvalue weighted by molar-refractivity contribution is 7.90. The molecule has 2 aliphatic rings. The molecule has 0 aliphatic carbocycles. The van der Waals surface area contributed by atoms with E-state index < -0.39 is 48.2 Å². The van der Waals surface area contributed by atoms with Gasteiger partial charge in [-0.05, 0) is 86.3 Å². The second-order valence-electron chi connectivity index (χ2n) is 20.2. The average molecular weight is 1240 g/mol. The molecule has 6 heterocycles. The SMILES string of the molecule is Nc1ccc(C(=O)N2CCC(Nc3ncc(Cl)c(-c4cn(S(=O)(=O)c5ccccc5)c5ccccc45)n3)CC2)c(F)c1.O=C(c1ccc([N+](=O)[O-])cc1F)N1CCC(Nc2ncc(Cl)c(-c3cn(S(=O)(=O)c4ccccc4)c4ccccc34)n2)CC1. The van der Waals surface area contributed by atoms with Crippen LogP contribution in [0, 0.1) is 21.7 Å². The first-order chi connectivity index (χ1) is 41.3.